The monoisotopic (exact) mass is 210 g/mol. The lowest BCUT2D eigenvalue weighted by Crippen LogP contribution is -2.35. The molecule has 1 aromatic rings. The molecule has 84 valence electrons. The normalized spacial score (nSPS) is 23.0. The summed E-state index contributed by atoms with van der Waals surface area (Å²) < 4.78 is 5.38. The maximum atomic E-state index is 5.38. The van der Waals surface area contributed by atoms with Crippen molar-refractivity contribution in [2.75, 3.05) is 19.8 Å². The molecule has 0 aromatic carbocycles. The zero-order chi connectivity index (χ0) is 10.9. The number of hydrogen-bond acceptors (Lipinski definition) is 4. The number of hydrogen-bond donors (Lipinski definition) is 2. The first-order chi connectivity index (χ1) is 7.07. The van der Waals surface area contributed by atoms with E-state index in [0.29, 0.717) is 6.61 Å². The van der Waals surface area contributed by atoms with Gasteiger partial charge in [-0.3, -0.25) is 5.10 Å². The summed E-state index contributed by atoms with van der Waals surface area (Å²) in [7, 11) is 0. The van der Waals surface area contributed by atoms with Crippen molar-refractivity contribution < 1.29 is 4.74 Å². The van der Waals surface area contributed by atoms with Crippen molar-refractivity contribution in [3.05, 3.63) is 11.6 Å². The molecule has 5 heteroatoms. The Morgan fingerprint density at radius 2 is 2.20 bits per heavy atom. The second-order valence-electron chi connectivity index (χ2n) is 4.88. The first-order valence-corrected chi connectivity index (χ1v) is 5.31. The van der Waals surface area contributed by atoms with Gasteiger partial charge in [-0.05, 0) is 0 Å². The van der Waals surface area contributed by atoms with E-state index in [4.69, 9.17) is 4.74 Å². The maximum absolute atomic E-state index is 5.38. The Labute approximate surface area is 89.6 Å². The third-order valence-corrected chi connectivity index (χ3v) is 2.43. The Bertz CT molecular complexity index is 322. The molecule has 2 heterocycles. The molecule has 15 heavy (non-hydrogen) atoms. The summed E-state index contributed by atoms with van der Waals surface area (Å²) in [5.41, 5.74) is -0.00965. The van der Waals surface area contributed by atoms with Crippen LogP contribution in [0.5, 0.6) is 0 Å². The van der Waals surface area contributed by atoms with E-state index in [1.54, 1.807) is 0 Å². The Kier molecular flexibility index (Phi) is 2.75. The highest BCUT2D eigenvalue weighted by atomic mass is 16.5. The molecule has 2 N–H and O–H groups in total. The van der Waals surface area contributed by atoms with Crippen molar-refractivity contribution in [1.29, 1.82) is 0 Å². The third-order valence-electron chi connectivity index (χ3n) is 2.43. The van der Waals surface area contributed by atoms with Gasteiger partial charge >= 0.3 is 0 Å². The van der Waals surface area contributed by atoms with E-state index in [0.717, 1.165) is 24.8 Å². The molecule has 0 aliphatic carbocycles. The molecule has 0 radical (unpaired) electrons. The van der Waals surface area contributed by atoms with Crippen LogP contribution in [0, 0.1) is 0 Å². The Morgan fingerprint density at radius 1 is 1.40 bits per heavy atom. The van der Waals surface area contributed by atoms with E-state index in [1.807, 2.05) is 0 Å². The molecule has 1 unspecified atom stereocenters. The number of ether oxygens (including phenoxy) is 1. The van der Waals surface area contributed by atoms with Gasteiger partial charge < -0.3 is 10.1 Å². The molecule has 5 nitrogen and oxygen atoms in total. The summed E-state index contributed by atoms with van der Waals surface area (Å²) in [6, 6.07) is 0.155. The fourth-order valence-corrected chi connectivity index (χ4v) is 1.51. The summed E-state index contributed by atoms with van der Waals surface area (Å²) in [4.78, 5) is 4.50. The molecular formula is C10H18N4O. The molecule has 1 atom stereocenters. The zero-order valence-electron chi connectivity index (χ0n) is 9.50. The number of nitrogens with one attached hydrogen (secondary N) is 2. The molecule has 0 spiro atoms. The fourth-order valence-electron chi connectivity index (χ4n) is 1.51. The van der Waals surface area contributed by atoms with Gasteiger partial charge in [-0.2, -0.15) is 5.10 Å². The first-order valence-electron chi connectivity index (χ1n) is 5.31. The zero-order valence-corrected chi connectivity index (χ0v) is 9.50. The summed E-state index contributed by atoms with van der Waals surface area (Å²) >= 11 is 0. The van der Waals surface area contributed by atoms with Crippen LogP contribution in [0.1, 0.15) is 38.5 Å². The standard InChI is InChI=1S/C10H18N4O/c1-10(2,3)9-12-8(13-14-9)7-6-15-5-4-11-7/h7,11H,4-6H2,1-3H3,(H,12,13,14). The molecule has 2 rings (SSSR count). The minimum atomic E-state index is -0.00965. The van der Waals surface area contributed by atoms with Crippen molar-refractivity contribution in [1.82, 2.24) is 20.5 Å². The van der Waals surface area contributed by atoms with Crippen molar-refractivity contribution in [2.45, 2.75) is 32.2 Å². The molecule has 0 saturated carbocycles. The summed E-state index contributed by atoms with van der Waals surface area (Å²) in [6.45, 7) is 8.62. The van der Waals surface area contributed by atoms with E-state index >= 15 is 0 Å². The molecule has 1 fully saturated rings. The highest BCUT2D eigenvalue weighted by molar-refractivity contribution is 5.05. The maximum Gasteiger partial charge on any atom is 0.156 e. The van der Waals surface area contributed by atoms with Gasteiger partial charge in [-0.15, -0.1) is 0 Å². The van der Waals surface area contributed by atoms with Crippen LogP contribution in [-0.4, -0.2) is 34.9 Å². The van der Waals surface area contributed by atoms with Crippen LogP contribution in [0.3, 0.4) is 0 Å². The lowest BCUT2D eigenvalue weighted by Gasteiger charge is -2.21. The van der Waals surface area contributed by atoms with Gasteiger partial charge in [0.05, 0.1) is 19.3 Å². The summed E-state index contributed by atoms with van der Waals surface area (Å²) in [6.07, 6.45) is 0. The van der Waals surface area contributed by atoms with Crippen LogP contribution >= 0.6 is 0 Å². The second-order valence-corrected chi connectivity index (χ2v) is 4.88. The molecule has 1 aromatic heterocycles. The lowest BCUT2D eigenvalue weighted by atomic mass is 9.96. The van der Waals surface area contributed by atoms with Gasteiger partial charge in [0.15, 0.2) is 5.82 Å². The highest BCUT2D eigenvalue weighted by Gasteiger charge is 2.23. The van der Waals surface area contributed by atoms with Crippen molar-refractivity contribution >= 4 is 0 Å². The molecular weight excluding hydrogens is 192 g/mol. The summed E-state index contributed by atoms with van der Waals surface area (Å²) in [5, 5.41) is 10.6. The first kappa shape index (κ1) is 10.6. The van der Waals surface area contributed by atoms with Crippen LogP contribution in [0.4, 0.5) is 0 Å². The van der Waals surface area contributed by atoms with Crippen LogP contribution in [0.15, 0.2) is 0 Å². The average Bonchev–Trinajstić information content (AvgIpc) is 2.67. The van der Waals surface area contributed by atoms with Crippen LogP contribution < -0.4 is 5.32 Å². The number of rotatable bonds is 1. The van der Waals surface area contributed by atoms with Crippen LogP contribution in [0.2, 0.25) is 0 Å². The number of morpholine rings is 1. The van der Waals surface area contributed by atoms with Gasteiger partial charge in [0.2, 0.25) is 0 Å². The van der Waals surface area contributed by atoms with E-state index in [9.17, 15) is 0 Å². The minimum Gasteiger partial charge on any atom is -0.378 e. The Balaban J connectivity index is 2.12. The van der Waals surface area contributed by atoms with E-state index < -0.39 is 0 Å². The van der Waals surface area contributed by atoms with E-state index in [1.165, 1.54) is 0 Å². The summed E-state index contributed by atoms with van der Waals surface area (Å²) in [5.74, 6) is 1.73. The van der Waals surface area contributed by atoms with E-state index in [-0.39, 0.29) is 11.5 Å². The highest BCUT2D eigenvalue weighted by Crippen LogP contribution is 2.19. The van der Waals surface area contributed by atoms with Gasteiger partial charge in [0.25, 0.3) is 0 Å². The quantitative estimate of drug-likeness (QED) is 0.718. The van der Waals surface area contributed by atoms with E-state index in [2.05, 4.69) is 41.3 Å². The fraction of sp³-hybridized carbons (Fsp3) is 0.800. The number of aromatic nitrogens is 3. The predicted molar refractivity (Wildman–Crippen MR) is 56.6 cm³/mol. The number of H-pyrrole nitrogens is 1. The SMILES string of the molecule is CC(C)(C)c1n[nH]c(C2COCCN2)n1. The van der Waals surface area contributed by atoms with Crippen molar-refractivity contribution in [3.63, 3.8) is 0 Å². The Morgan fingerprint density at radius 3 is 2.73 bits per heavy atom. The largest absolute Gasteiger partial charge is 0.378 e. The lowest BCUT2D eigenvalue weighted by molar-refractivity contribution is 0.0743. The smallest absolute Gasteiger partial charge is 0.156 e. The second kappa shape index (κ2) is 3.90. The Hall–Kier alpha value is -0.940. The van der Waals surface area contributed by atoms with Gasteiger partial charge in [0.1, 0.15) is 5.82 Å². The van der Waals surface area contributed by atoms with Crippen LogP contribution in [0.25, 0.3) is 0 Å². The average molecular weight is 210 g/mol. The van der Waals surface area contributed by atoms with Gasteiger partial charge in [-0.1, -0.05) is 20.8 Å². The van der Waals surface area contributed by atoms with Crippen molar-refractivity contribution in [3.8, 4) is 0 Å². The van der Waals surface area contributed by atoms with Gasteiger partial charge in [0, 0.05) is 12.0 Å². The number of aromatic amines is 1. The minimum absolute atomic E-state index is 0.00965. The van der Waals surface area contributed by atoms with Crippen molar-refractivity contribution in [2.24, 2.45) is 0 Å². The topological polar surface area (TPSA) is 62.8 Å². The molecule has 1 aliphatic rings. The van der Waals surface area contributed by atoms with Gasteiger partial charge in [-0.25, -0.2) is 4.98 Å². The molecule has 1 aliphatic heterocycles. The van der Waals surface area contributed by atoms with Crippen LogP contribution in [-0.2, 0) is 10.2 Å². The predicted octanol–water partition coefficient (Wildman–Crippen LogP) is 0.763. The number of nitrogens with zero attached hydrogens (tertiary/aromatic N) is 2. The molecule has 1 saturated heterocycles. The third kappa shape index (κ3) is 2.35. The molecule has 0 bridgehead atoms. The molecule has 0 amide bonds.